The summed E-state index contributed by atoms with van der Waals surface area (Å²) < 4.78 is 8.97. The first-order valence-electron chi connectivity index (χ1n) is 10.1. The number of aromatic nitrogens is 1. The van der Waals surface area contributed by atoms with Gasteiger partial charge in [-0.15, -0.1) is 0 Å². The van der Waals surface area contributed by atoms with E-state index in [-0.39, 0.29) is 11.4 Å². The molecule has 0 unspecified atom stereocenters. The molecular formula is C22H25IN2O2. The topological polar surface area (TPSA) is 34.5 Å². The maximum Gasteiger partial charge on any atom is 0.354 e. The van der Waals surface area contributed by atoms with Crippen LogP contribution in [-0.4, -0.2) is 35.1 Å². The average molecular weight is 476 g/mol. The quantitative estimate of drug-likeness (QED) is 0.474. The lowest BCUT2D eigenvalue weighted by molar-refractivity contribution is -0.136. The Kier molecular flexibility index (Phi) is 4.17. The van der Waals surface area contributed by atoms with E-state index in [1.807, 2.05) is 6.92 Å². The zero-order valence-corrected chi connectivity index (χ0v) is 18.1. The van der Waals surface area contributed by atoms with Gasteiger partial charge >= 0.3 is 5.97 Å². The predicted octanol–water partition coefficient (Wildman–Crippen LogP) is 4.75. The molecule has 0 saturated carbocycles. The third-order valence-electron chi connectivity index (χ3n) is 6.79. The first kappa shape index (κ1) is 17.7. The smallest absolute Gasteiger partial charge is 0.354 e. The third-order valence-corrected chi connectivity index (χ3v) is 7.46. The van der Waals surface area contributed by atoms with Crippen LogP contribution < -0.4 is 0 Å². The molecule has 5 heteroatoms. The van der Waals surface area contributed by atoms with E-state index in [0.29, 0.717) is 12.6 Å². The molecule has 3 aliphatic rings. The standard InChI is InChI=1S/C22H25IN2O2/c1-3-22-9-5-10-24-11-8-15-16-12-14(23)6-7-17(16)25(19(15)20(22)24)18(13-22)21(26)27-4-2/h6-7,12-13,20H,3-5,8-11H2,1-2H3/t20-,22+/m1/s1. The monoisotopic (exact) mass is 476 g/mol. The number of esters is 1. The molecule has 4 nitrogen and oxygen atoms in total. The van der Waals surface area contributed by atoms with E-state index in [2.05, 4.69) is 63.3 Å². The van der Waals surface area contributed by atoms with Crippen LogP contribution in [0.3, 0.4) is 0 Å². The van der Waals surface area contributed by atoms with Crippen LogP contribution in [0.1, 0.15) is 50.4 Å². The Labute approximate surface area is 173 Å². The van der Waals surface area contributed by atoms with Crippen molar-refractivity contribution in [3.05, 3.63) is 39.1 Å². The van der Waals surface area contributed by atoms with E-state index < -0.39 is 0 Å². The van der Waals surface area contributed by atoms with Gasteiger partial charge in [0.1, 0.15) is 5.70 Å². The highest BCUT2D eigenvalue weighted by Gasteiger charge is 2.51. The van der Waals surface area contributed by atoms with Crippen molar-refractivity contribution in [3.63, 3.8) is 0 Å². The van der Waals surface area contributed by atoms with Crippen LogP contribution >= 0.6 is 22.6 Å². The lowest BCUT2D eigenvalue weighted by atomic mass is 9.66. The summed E-state index contributed by atoms with van der Waals surface area (Å²) >= 11 is 2.39. The highest BCUT2D eigenvalue weighted by Crippen LogP contribution is 2.57. The summed E-state index contributed by atoms with van der Waals surface area (Å²) in [7, 11) is 0. The maximum atomic E-state index is 13.0. The minimum absolute atomic E-state index is 0.0348. The van der Waals surface area contributed by atoms with Gasteiger partial charge in [-0.1, -0.05) is 6.92 Å². The minimum atomic E-state index is -0.190. The van der Waals surface area contributed by atoms with Gasteiger partial charge in [0.05, 0.1) is 18.2 Å². The van der Waals surface area contributed by atoms with Gasteiger partial charge in [-0.2, -0.15) is 0 Å². The molecule has 4 heterocycles. The molecule has 0 amide bonds. The summed E-state index contributed by atoms with van der Waals surface area (Å²) in [6, 6.07) is 6.98. The van der Waals surface area contributed by atoms with Crippen LogP contribution in [0.5, 0.6) is 0 Å². The first-order chi connectivity index (χ1) is 13.1. The molecule has 3 aliphatic heterocycles. The second-order valence-electron chi connectivity index (χ2n) is 7.99. The number of carbonyl (C=O) groups excluding carboxylic acids is 1. The molecule has 1 fully saturated rings. The molecule has 27 heavy (non-hydrogen) atoms. The molecule has 1 aromatic heterocycles. The highest BCUT2D eigenvalue weighted by atomic mass is 127. The van der Waals surface area contributed by atoms with Gasteiger partial charge in [-0.25, -0.2) is 4.79 Å². The fraction of sp³-hybridized carbons (Fsp3) is 0.500. The Hall–Kier alpha value is -1.34. The van der Waals surface area contributed by atoms with Gasteiger partial charge in [0.2, 0.25) is 0 Å². The molecule has 0 aliphatic carbocycles. The van der Waals surface area contributed by atoms with Crippen molar-refractivity contribution in [3.8, 4) is 0 Å². The Morgan fingerprint density at radius 2 is 2.19 bits per heavy atom. The number of hydrogen-bond acceptors (Lipinski definition) is 3. The average Bonchev–Trinajstić information content (AvgIpc) is 3.00. The molecule has 0 spiro atoms. The van der Waals surface area contributed by atoms with E-state index in [1.54, 1.807) is 0 Å². The minimum Gasteiger partial charge on any atom is -0.461 e. The van der Waals surface area contributed by atoms with Gasteiger partial charge in [0, 0.05) is 26.6 Å². The molecule has 2 aromatic rings. The number of hydrogen-bond donors (Lipinski definition) is 0. The van der Waals surface area contributed by atoms with Crippen LogP contribution in [0.15, 0.2) is 24.3 Å². The van der Waals surface area contributed by atoms with E-state index in [4.69, 9.17) is 4.74 Å². The Morgan fingerprint density at radius 1 is 1.33 bits per heavy atom. The molecule has 5 rings (SSSR count). The van der Waals surface area contributed by atoms with Crippen LogP contribution in [0.4, 0.5) is 0 Å². The van der Waals surface area contributed by atoms with Gasteiger partial charge in [0.25, 0.3) is 0 Å². The van der Waals surface area contributed by atoms with Gasteiger partial charge < -0.3 is 9.30 Å². The molecule has 1 aromatic carbocycles. The second kappa shape index (κ2) is 6.34. The van der Waals surface area contributed by atoms with Crippen molar-refractivity contribution in [2.45, 2.75) is 45.6 Å². The number of fused-ring (bicyclic) bond motifs is 3. The number of carbonyl (C=O) groups is 1. The fourth-order valence-electron chi connectivity index (χ4n) is 5.65. The summed E-state index contributed by atoms with van der Waals surface area (Å²) in [5, 5.41) is 1.31. The van der Waals surface area contributed by atoms with E-state index in [0.717, 1.165) is 43.6 Å². The lowest BCUT2D eigenvalue weighted by Gasteiger charge is -2.53. The normalized spacial score (nSPS) is 26.6. The first-order valence-corrected chi connectivity index (χ1v) is 11.1. The van der Waals surface area contributed by atoms with Crippen molar-refractivity contribution in [2.75, 3.05) is 19.7 Å². The second-order valence-corrected chi connectivity index (χ2v) is 9.24. The van der Waals surface area contributed by atoms with Crippen molar-refractivity contribution in [1.82, 2.24) is 9.47 Å². The van der Waals surface area contributed by atoms with Crippen LogP contribution in [0, 0.1) is 8.99 Å². The van der Waals surface area contributed by atoms with Crippen molar-refractivity contribution in [1.29, 1.82) is 0 Å². The largest absolute Gasteiger partial charge is 0.461 e. The molecule has 1 saturated heterocycles. The van der Waals surface area contributed by atoms with Gasteiger partial charge in [-0.05, 0) is 91.6 Å². The van der Waals surface area contributed by atoms with Gasteiger partial charge in [-0.3, -0.25) is 4.90 Å². The Balaban J connectivity index is 1.85. The Bertz CT molecular complexity index is 976. The fourth-order valence-corrected chi connectivity index (χ4v) is 6.15. The number of halogens is 1. The molecule has 0 N–H and O–H groups in total. The van der Waals surface area contributed by atoms with E-state index in [9.17, 15) is 4.79 Å². The molecule has 142 valence electrons. The Morgan fingerprint density at radius 3 is 2.96 bits per heavy atom. The maximum absolute atomic E-state index is 13.0. The summed E-state index contributed by atoms with van der Waals surface area (Å²) in [5.74, 6) is -0.190. The van der Waals surface area contributed by atoms with Crippen LogP contribution in [0.2, 0.25) is 0 Å². The zero-order valence-electron chi connectivity index (χ0n) is 15.9. The van der Waals surface area contributed by atoms with E-state index >= 15 is 0 Å². The summed E-state index contributed by atoms with van der Waals surface area (Å²) in [4.78, 5) is 15.6. The van der Waals surface area contributed by atoms with Gasteiger partial charge in [0.15, 0.2) is 0 Å². The highest BCUT2D eigenvalue weighted by molar-refractivity contribution is 14.1. The number of benzene rings is 1. The third kappa shape index (κ3) is 2.40. The summed E-state index contributed by atoms with van der Waals surface area (Å²) in [6.45, 7) is 6.84. The molecule has 0 radical (unpaired) electrons. The molecular weight excluding hydrogens is 451 g/mol. The van der Waals surface area contributed by atoms with Crippen molar-refractivity contribution < 1.29 is 9.53 Å². The zero-order chi connectivity index (χ0) is 18.8. The van der Waals surface area contributed by atoms with Crippen molar-refractivity contribution in [2.24, 2.45) is 5.41 Å². The lowest BCUT2D eigenvalue weighted by Crippen LogP contribution is -2.51. The number of ether oxygens (including phenoxy) is 1. The van der Waals surface area contributed by atoms with E-state index in [1.165, 1.54) is 26.6 Å². The number of piperidine rings is 1. The molecule has 0 bridgehead atoms. The van der Waals surface area contributed by atoms with Crippen LogP contribution in [-0.2, 0) is 16.0 Å². The van der Waals surface area contributed by atoms with Crippen LogP contribution in [0.25, 0.3) is 16.6 Å². The predicted molar refractivity (Wildman–Crippen MR) is 116 cm³/mol. The summed E-state index contributed by atoms with van der Waals surface area (Å²) in [6.07, 6.45) is 6.72. The number of nitrogens with zero attached hydrogens (tertiary/aromatic N) is 2. The molecule has 2 atom stereocenters. The summed E-state index contributed by atoms with van der Waals surface area (Å²) in [5.41, 5.74) is 4.71. The van der Waals surface area contributed by atoms with Crippen molar-refractivity contribution >= 4 is 45.2 Å². The SMILES string of the molecule is CCOC(=O)C1=C[C@]2(CC)CCCN3CCc4c(n1c1ccc(I)cc41)[C@@H]32. The number of rotatable bonds is 3.